The van der Waals surface area contributed by atoms with Gasteiger partial charge in [0.2, 0.25) is 5.95 Å². The zero-order chi connectivity index (χ0) is 13.2. The molecule has 0 spiro atoms. The van der Waals surface area contributed by atoms with Crippen molar-refractivity contribution in [3.63, 3.8) is 0 Å². The number of rotatable bonds is 2. The van der Waals surface area contributed by atoms with Crippen LogP contribution in [-0.4, -0.2) is 15.8 Å². The Balaban J connectivity index is 1.97. The van der Waals surface area contributed by atoms with Crippen molar-refractivity contribution in [2.75, 3.05) is 0 Å². The summed E-state index contributed by atoms with van der Waals surface area (Å²) in [5.74, 6) is 0.380. The lowest BCUT2D eigenvalue weighted by Crippen LogP contribution is -1.87. The summed E-state index contributed by atoms with van der Waals surface area (Å²) in [6, 6.07) is 14.1. The van der Waals surface area contributed by atoms with Crippen LogP contribution in [0.3, 0.4) is 0 Å². The summed E-state index contributed by atoms with van der Waals surface area (Å²) in [5, 5.41) is 0. The number of fused-ring (bicyclic) bond motifs is 1. The predicted molar refractivity (Wildman–Crippen MR) is 74.4 cm³/mol. The van der Waals surface area contributed by atoms with Gasteiger partial charge in [0.1, 0.15) is 5.82 Å². The minimum absolute atomic E-state index is 0.250. The standard InChI is InChI=1S/C15H12FN3/c1-19-14-5-3-2-4-13(14)18-15(19)17-10-11-6-8-12(16)9-7-11/h2-10H,1H3. The van der Waals surface area contributed by atoms with E-state index in [0.29, 0.717) is 5.95 Å². The summed E-state index contributed by atoms with van der Waals surface area (Å²) >= 11 is 0. The van der Waals surface area contributed by atoms with Crippen molar-refractivity contribution in [2.45, 2.75) is 0 Å². The smallest absolute Gasteiger partial charge is 0.230 e. The number of imidazole rings is 1. The van der Waals surface area contributed by atoms with E-state index in [1.807, 2.05) is 35.9 Å². The maximum atomic E-state index is 12.8. The fraction of sp³-hybridized carbons (Fsp3) is 0.0667. The third kappa shape index (κ3) is 2.25. The summed E-state index contributed by atoms with van der Waals surface area (Å²) in [5.41, 5.74) is 2.79. The van der Waals surface area contributed by atoms with E-state index in [1.165, 1.54) is 12.1 Å². The summed E-state index contributed by atoms with van der Waals surface area (Å²) in [7, 11) is 1.92. The minimum atomic E-state index is -0.250. The number of benzene rings is 2. The molecule has 3 rings (SSSR count). The first-order valence-electron chi connectivity index (χ1n) is 5.95. The van der Waals surface area contributed by atoms with Crippen LogP contribution in [0.25, 0.3) is 11.0 Å². The molecule has 1 heterocycles. The van der Waals surface area contributed by atoms with Crippen molar-refractivity contribution in [3.05, 3.63) is 59.9 Å². The molecule has 4 heteroatoms. The molecule has 0 saturated heterocycles. The number of hydrogen-bond donors (Lipinski definition) is 0. The van der Waals surface area contributed by atoms with E-state index in [2.05, 4.69) is 9.98 Å². The third-order valence-electron chi connectivity index (χ3n) is 2.96. The van der Waals surface area contributed by atoms with Crippen LogP contribution in [-0.2, 0) is 7.05 Å². The second kappa shape index (κ2) is 4.65. The maximum absolute atomic E-state index is 12.8. The molecule has 2 aromatic carbocycles. The summed E-state index contributed by atoms with van der Waals surface area (Å²) in [4.78, 5) is 8.78. The highest BCUT2D eigenvalue weighted by atomic mass is 19.1. The van der Waals surface area contributed by atoms with Crippen LogP contribution in [0.2, 0.25) is 0 Å². The number of para-hydroxylation sites is 2. The first kappa shape index (κ1) is 11.6. The Hall–Kier alpha value is -2.49. The molecule has 0 bridgehead atoms. The van der Waals surface area contributed by atoms with Crippen molar-refractivity contribution in [1.82, 2.24) is 9.55 Å². The minimum Gasteiger partial charge on any atom is -0.311 e. The first-order valence-corrected chi connectivity index (χ1v) is 5.95. The van der Waals surface area contributed by atoms with Crippen LogP contribution in [0.1, 0.15) is 5.56 Å². The van der Waals surface area contributed by atoms with Gasteiger partial charge < -0.3 is 4.57 Å². The van der Waals surface area contributed by atoms with Gasteiger partial charge in [0.15, 0.2) is 0 Å². The molecule has 3 nitrogen and oxygen atoms in total. The lowest BCUT2D eigenvalue weighted by Gasteiger charge is -1.96. The largest absolute Gasteiger partial charge is 0.311 e. The van der Waals surface area contributed by atoms with E-state index in [0.717, 1.165) is 16.6 Å². The normalized spacial score (nSPS) is 11.5. The van der Waals surface area contributed by atoms with E-state index in [-0.39, 0.29) is 5.82 Å². The van der Waals surface area contributed by atoms with Gasteiger partial charge in [-0.05, 0) is 29.8 Å². The van der Waals surface area contributed by atoms with Gasteiger partial charge in [-0.2, -0.15) is 0 Å². The molecule has 3 aromatic rings. The van der Waals surface area contributed by atoms with Crippen molar-refractivity contribution in [3.8, 4) is 0 Å². The van der Waals surface area contributed by atoms with E-state index in [4.69, 9.17) is 0 Å². The number of hydrogen-bond acceptors (Lipinski definition) is 2. The van der Waals surface area contributed by atoms with Gasteiger partial charge in [0, 0.05) is 13.3 Å². The second-order valence-corrected chi connectivity index (χ2v) is 4.27. The van der Waals surface area contributed by atoms with Crippen molar-refractivity contribution >= 4 is 23.2 Å². The quantitative estimate of drug-likeness (QED) is 0.643. The summed E-state index contributed by atoms with van der Waals surface area (Å²) in [6.07, 6.45) is 1.68. The maximum Gasteiger partial charge on any atom is 0.230 e. The molecule has 0 fully saturated rings. The fourth-order valence-electron chi connectivity index (χ4n) is 1.93. The molecule has 0 aliphatic rings. The van der Waals surface area contributed by atoms with E-state index in [9.17, 15) is 4.39 Å². The Labute approximate surface area is 110 Å². The number of aryl methyl sites for hydroxylation is 1. The average Bonchev–Trinajstić information content (AvgIpc) is 2.76. The van der Waals surface area contributed by atoms with Gasteiger partial charge in [-0.15, -0.1) is 0 Å². The number of aromatic nitrogens is 2. The van der Waals surface area contributed by atoms with Gasteiger partial charge in [-0.25, -0.2) is 14.4 Å². The molecule has 0 aliphatic heterocycles. The van der Waals surface area contributed by atoms with Gasteiger partial charge in [-0.1, -0.05) is 24.3 Å². The van der Waals surface area contributed by atoms with E-state index < -0.39 is 0 Å². The van der Waals surface area contributed by atoms with Crippen LogP contribution in [0, 0.1) is 5.82 Å². The highest BCUT2D eigenvalue weighted by Gasteiger charge is 2.04. The van der Waals surface area contributed by atoms with Gasteiger partial charge in [0.05, 0.1) is 11.0 Å². The average molecular weight is 253 g/mol. The van der Waals surface area contributed by atoms with Crippen molar-refractivity contribution < 1.29 is 4.39 Å². The fourth-order valence-corrected chi connectivity index (χ4v) is 1.93. The molecular formula is C15H12FN3. The molecule has 0 unspecified atom stereocenters. The monoisotopic (exact) mass is 253 g/mol. The van der Waals surface area contributed by atoms with Crippen LogP contribution < -0.4 is 0 Å². The number of nitrogens with zero attached hydrogens (tertiary/aromatic N) is 3. The Kier molecular flexibility index (Phi) is 2.83. The Morgan fingerprint density at radius 3 is 2.58 bits per heavy atom. The zero-order valence-electron chi connectivity index (χ0n) is 10.4. The molecule has 94 valence electrons. The molecule has 19 heavy (non-hydrogen) atoms. The highest BCUT2D eigenvalue weighted by Crippen LogP contribution is 2.19. The number of aliphatic imine (C=N–C) groups is 1. The molecule has 0 saturated carbocycles. The Morgan fingerprint density at radius 2 is 1.84 bits per heavy atom. The molecular weight excluding hydrogens is 241 g/mol. The molecule has 0 amide bonds. The van der Waals surface area contributed by atoms with Crippen LogP contribution in [0.15, 0.2) is 53.5 Å². The van der Waals surface area contributed by atoms with Crippen LogP contribution in [0.5, 0.6) is 0 Å². The summed E-state index contributed by atoms with van der Waals surface area (Å²) in [6.45, 7) is 0. The van der Waals surface area contributed by atoms with E-state index >= 15 is 0 Å². The third-order valence-corrected chi connectivity index (χ3v) is 2.96. The lowest BCUT2D eigenvalue weighted by atomic mass is 10.2. The highest BCUT2D eigenvalue weighted by molar-refractivity contribution is 5.83. The predicted octanol–water partition coefficient (Wildman–Crippen LogP) is 3.46. The Bertz CT molecular complexity index is 742. The van der Waals surface area contributed by atoms with Gasteiger partial charge in [-0.3, -0.25) is 0 Å². The van der Waals surface area contributed by atoms with E-state index in [1.54, 1.807) is 18.3 Å². The Morgan fingerprint density at radius 1 is 1.11 bits per heavy atom. The molecule has 0 aliphatic carbocycles. The first-order chi connectivity index (χ1) is 9.24. The second-order valence-electron chi connectivity index (χ2n) is 4.27. The molecule has 0 atom stereocenters. The summed E-state index contributed by atoms with van der Waals surface area (Å²) < 4.78 is 14.7. The molecule has 0 N–H and O–H groups in total. The number of halogens is 1. The lowest BCUT2D eigenvalue weighted by molar-refractivity contribution is 0.628. The zero-order valence-corrected chi connectivity index (χ0v) is 10.4. The van der Waals surface area contributed by atoms with Crippen LogP contribution in [0.4, 0.5) is 10.3 Å². The van der Waals surface area contributed by atoms with Gasteiger partial charge in [0.25, 0.3) is 0 Å². The van der Waals surface area contributed by atoms with Crippen molar-refractivity contribution in [2.24, 2.45) is 12.0 Å². The molecule has 0 radical (unpaired) electrons. The van der Waals surface area contributed by atoms with Crippen LogP contribution >= 0.6 is 0 Å². The molecule has 1 aromatic heterocycles. The SMILES string of the molecule is Cn1c(N=Cc2ccc(F)cc2)nc2ccccc21. The van der Waals surface area contributed by atoms with Gasteiger partial charge >= 0.3 is 0 Å². The topological polar surface area (TPSA) is 30.2 Å². The van der Waals surface area contributed by atoms with Crippen molar-refractivity contribution in [1.29, 1.82) is 0 Å².